The van der Waals surface area contributed by atoms with E-state index in [-0.39, 0.29) is 29.5 Å². The maximum Gasteiger partial charge on any atom is 0.417 e. The Hall–Kier alpha value is -2.96. The zero-order valence-electron chi connectivity index (χ0n) is 16.0. The minimum atomic E-state index is -4.55. The normalized spacial score (nSPS) is 23.5. The predicted molar refractivity (Wildman–Crippen MR) is 98.3 cm³/mol. The van der Waals surface area contributed by atoms with Gasteiger partial charge in [0.2, 0.25) is 0 Å². The van der Waals surface area contributed by atoms with Gasteiger partial charge in [0.15, 0.2) is 0 Å². The molecule has 1 aromatic carbocycles. The number of aromatic nitrogens is 1. The average Bonchev–Trinajstić information content (AvgIpc) is 2.97. The molecule has 2 aromatic rings. The second-order valence-electron chi connectivity index (χ2n) is 7.73. The van der Waals surface area contributed by atoms with Gasteiger partial charge in [-0.1, -0.05) is 0 Å². The number of piperidine rings is 1. The molecule has 0 aliphatic carbocycles. The topological polar surface area (TPSA) is 49.1 Å². The molecule has 4 rings (SSSR count). The summed E-state index contributed by atoms with van der Waals surface area (Å²) >= 11 is 0. The molecule has 2 bridgehead atoms. The summed E-state index contributed by atoms with van der Waals surface area (Å²) in [4.78, 5) is 5.99. The predicted octanol–water partition coefficient (Wildman–Crippen LogP) is 5.57. The zero-order valence-corrected chi connectivity index (χ0v) is 16.0. The molecule has 4 nitrogen and oxygen atoms in total. The largest absolute Gasteiger partial charge is 0.489 e. The molecule has 0 saturated carbocycles. The van der Waals surface area contributed by atoms with Gasteiger partial charge in [-0.2, -0.15) is 31.6 Å². The Morgan fingerprint density at radius 1 is 0.935 bits per heavy atom. The van der Waals surface area contributed by atoms with Crippen molar-refractivity contribution in [1.29, 1.82) is 5.26 Å². The molecule has 2 fully saturated rings. The smallest absolute Gasteiger partial charge is 0.417 e. The molecular weight excluding hydrogens is 424 g/mol. The Balaban J connectivity index is 1.48. The molecule has 0 amide bonds. The van der Waals surface area contributed by atoms with Crippen LogP contribution in [-0.2, 0) is 12.4 Å². The fourth-order valence-corrected chi connectivity index (χ4v) is 4.38. The Morgan fingerprint density at radius 3 is 2.06 bits per heavy atom. The van der Waals surface area contributed by atoms with Crippen LogP contribution in [0.25, 0.3) is 0 Å². The number of anilines is 1. The van der Waals surface area contributed by atoms with E-state index in [4.69, 9.17) is 4.74 Å². The number of pyridine rings is 1. The van der Waals surface area contributed by atoms with Gasteiger partial charge in [0.05, 0.1) is 16.7 Å². The van der Waals surface area contributed by atoms with Gasteiger partial charge >= 0.3 is 12.4 Å². The van der Waals surface area contributed by atoms with Crippen LogP contribution in [0.2, 0.25) is 0 Å². The molecule has 0 N–H and O–H groups in total. The van der Waals surface area contributed by atoms with Crippen molar-refractivity contribution in [1.82, 2.24) is 4.98 Å². The van der Waals surface area contributed by atoms with Gasteiger partial charge in [0.1, 0.15) is 23.7 Å². The second-order valence-corrected chi connectivity index (χ2v) is 7.73. The zero-order chi connectivity index (χ0) is 22.4. The standard InChI is InChI=1S/C21H17F6N3O/c22-20(23,24)13-1-5-18(12(7-13)10-28)31-17-8-15-3-4-16(9-17)30(15)19-6-2-14(11-29-19)21(25,26)27/h1-2,5-7,11,15-17H,3-4,8-9H2/t15-,16+,17+. The quantitative estimate of drug-likeness (QED) is 0.585. The van der Waals surface area contributed by atoms with E-state index in [1.165, 1.54) is 6.07 Å². The van der Waals surface area contributed by atoms with Gasteiger partial charge in [0, 0.05) is 31.1 Å². The first-order valence-corrected chi connectivity index (χ1v) is 9.66. The van der Waals surface area contributed by atoms with Crippen molar-refractivity contribution in [3.8, 4) is 11.8 Å². The van der Waals surface area contributed by atoms with Gasteiger partial charge in [-0.15, -0.1) is 0 Å². The van der Waals surface area contributed by atoms with Gasteiger partial charge in [-0.05, 0) is 43.2 Å². The van der Waals surface area contributed by atoms with Crippen LogP contribution in [-0.4, -0.2) is 23.2 Å². The van der Waals surface area contributed by atoms with Gasteiger partial charge in [0.25, 0.3) is 0 Å². The van der Waals surface area contributed by atoms with E-state index in [0.29, 0.717) is 18.7 Å². The van der Waals surface area contributed by atoms with Crippen LogP contribution in [0.3, 0.4) is 0 Å². The monoisotopic (exact) mass is 441 g/mol. The highest BCUT2D eigenvalue weighted by atomic mass is 19.4. The molecule has 3 atom stereocenters. The number of fused-ring (bicyclic) bond motifs is 2. The van der Waals surface area contributed by atoms with Crippen LogP contribution < -0.4 is 9.64 Å². The molecule has 0 radical (unpaired) electrons. The summed E-state index contributed by atoms with van der Waals surface area (Å²) in [6.45, 7) is 0. The first kappa shape index (κ1) is 21.3. The lowest BCUT2D eigenvalue weighted by Gasteiger charge is -2.39. The summed E-state index contributed by atoms with van der Waals surface area (Å²) in [7, 11) is 0. The fourth-order valence-electron chi connectivity index (χ4n) is 4.38. The summed E-state index contributed by atoms with van der Waals surface area (Å²) in [5.74, 6) is 0.562. The minimum absolute atomic E-state index is 0.00651. The lowest BCUT2D eigenvalue weighted by Crippen LogP contribution is -2.46. The van der Waals surface area contributed by atoms with Gasteiger partial charge in [-0.3, -0.25) is 0 Å². The number of nitrogens with zero attached hydrogens (tertiary/aromatic N) is 3. The number of ether oxygens (including phenoxy) is 1. The van der Waals surface area contributed by atoms with Crippen LogP contribution >= 0.6 is 0 Å². The molecule has 31 heavy (non-hydrogen) atoms. The van der Waals surface area contributed by atoms with Crippen LogP contribution in [0.15, 0.2) is 36.5 Å². The van der Waals surface area contributed by atoms with Crippen molar-refractivity contribution in [3.63, 3.8) is 0 Å². The third kappa shape index (κ3) is 4.27. The summed E-state index contributed by atoms with van der Waals surface area (Å²) < 4.78 is 82.9. The molecule has 3 heterocycles. The number of halogens is 6. The fraction of sp³-hybridized carbons (Fsp3) is 0.429. The Kier molecular flexibility index (Phi) is 5.23. The molecular formula is C21H17F6N3O. The molecule has 1 aromatic heterocycles. The summed E-state index contributed by atoms with van der Waals surface area (Å²) in [5, 5.41) is 9.23. The van der Waals surface area contributed by atoms with Gasteiger partial charge < -0.3 is 9.64 Å². The maximum atomic E-state index is 12.9. The highest BCUT2D eigenvalue weighted by molar-refractivity contribution is 5.47. The lowest BCUT2D eigenvalue weighted by molar-refractivity contribution is -0.138. The Labute approximate surface area is 174 Å². The molecule has 2 aliphatic rings. The molecule has 0 spiro atoms. The molecule has 10 heteroatoms. The third-order valence-corrected chi connectivity index (χ3v) is 5.75. The Morgan fingerprint density at radius 2 is 1.55 bits per heavy atom. The van der Waals surface area contributed by atoms with Crippen molar-refractivity contribution >= 4 is 5.82 Å². The van der Waals surface area contributed by atoms with E-state index in [1.807, 2.05) is 4.90 Å². The summed E-state index contributed by atoms with van der Waals surface area (Å²) in [6, 6.07) is 6.91. The van der Waals surface area contributed by atoms with Gasteiger partial charge in [-0.25, -0.2) is 4.98 Å². The number of alkyl halides is 6. The number of rotatable bonds is 3. The van der Waals surface area contributed by atoms with Crippen molar-refractivity contribution in [3.05, 3.63) is 53.2 Å². The summed E-state index contributed by atoms with van der Waals surface area (Å²) in [6.07, 6.45) is -5.81. The summed E-state index contributed by atoms with van der Waals surface area (Å²) in [5.41, 5.74) is -1.91. The number of hydrogen-bond acceptors (Lipinski definition) is 4. The van der Waals surface area contributed by atoms with Crippen LogP contribution in [0.1, 0.15) is 42.4 Å². The van der Waals surface area contributed by atoms with Crippen molar-refractivity contribution in [2.45, 2.75) is 56.2 Å². The van der Waals surface area contributed by atoms with E-state index in [0.717, 1.165) is 43.3 Å². The molecule has 0 unspecified atom stereocenters. The SMILES string of the molecule is N#Cc1cc(C(F)(F)F)ccc1O[C@H]1C[C@H]2CC[C@@H](C1)N2c1ccc(C(F)(F)F)cn1. The highest BCUT2D eigenvalue weighted by Gasteiger charge is 2.43. The van der Waals surface area contributed by atoms with Crippen molar-refractivity contribution in [2.75, 3.05) is 4.90 Å². The number of benzene rings is 1. The Bertz CT molecular complexity index is 982. The van der Waals surface area contributed by atoms with E-state index in [1.54, 1.807) is 6.07 Å². The first-order chi connectivity index (χ1) is 14.6. The van der Waals surface area contributed by atoms with E-state index >= 15 is 0 Å². The van der Waals surface area contributed by atoms with Crippen LogP contribution in [0, 0.1) is 11.3 Å². The second kappa shape index (κ2) is 7.62. The van der Waals surface area contributed by atoms with Crippen LogP contribution in [0.4, 0.5) is 32.2 Å². The first-order valence-electron chi connectivity index (χ1n) is 9.66. The van der Waals surface area contributed by atoms with E-state index in [2.05, 4.69) is 4.98 Å². The maximum absolute atomic E-state index is 12.9. The third-order valence-electron chi connectivity index (χ3n) is 5.75. The minimum Gasteiger partial charge on any atom is -0.489 e. The average molecular weight is 441 g/mol. The van der Waals surface area contributed by atoms with Crippen molar-refractivity contribution in [2.24, 2.45) is 0 Å². The molecule has 164 valence electrons. The molecule has 2 saturated heterocycles. The molecule has 2 aliphatic heterocycles. The van der Waals surface area contributed by atoms with E-state index in [9.17, 15) is 31.6 Å². The number of nitriles is 1. The highest BCUT2D eigenvalue weighted by Crippen LogP contribution is 2.41. The van der Waals surface area contributed by atoms with Crippen LogP contribution in [0.5, 0.6) is 5.75 Å². The number of hydrogen-bond donors (Lipinski definition) is 0. The van der Waals surface area contributed by atoms with E-state index < -0.39 is 23.5 Å². The van der Waals surface area contributed by atoms with Crippen molar-refractivity contribution < 1.29 is 31.1 Å². The lowest BCUT2D eigenvalue weighted by atomic mass is 9.99.